The summed E-state index contributed by atoms with van der Waals surface area (Å²) in [7, 11) is -3.80. The first-order valence-corrected chi connectivity index (χ1v) is 5.96. The SMILES string of the molecule is O=P(O)(O)CCCc1ccccc1. The molecule has 0 aliphatic rings. The summed E-state index contributed by atoms with van der Waals surface area (Å²) in [5.41, 5.74) is 1.12. The van der Waals surface area contributed by atoms with Crippen LogP contribution in [0.3, 0.4) is 0 Å². The first kappa shape index (κ1) is 10.5. The van der Waals surface area contributed by atoms with Gasteiger partial charge in [0.2, 0.25) is 0 Å². The fourth-order valence-corrected chi connectivity index (χ4v) is 1.70. The van der Waals surface area contributed by atoms with Crippen LogP contribution >= 0.6 is 7.60 Å². The number of rotatable bonds is 4. The summed E-state index contributed by atoms with van der Waals surface area (Å²) in [5, 5.41) is 0. The van der Waals surface area contributed by atoms with Crippen LogP contribution in [0.15, 0.2) is 30.3 Å². The lowest BCUT2D eigenvalue weighted by Crippen LogP contribution is -1.91. The maximum Gasteiger partial charge on any atom is 0.325 e. The van der Waals surface area contributed by atoms with E-state index in [1.54, 1.807) is 0 Å². The first-order valence-electron chi connectivity index (χ1n) is 4.16. The number of aryl methyl sites for hydroxylation is 1. The summed E-state index contributed by atoms with van der Waals surface area (Å²) in [5.74, 6) is 0. The van der Waals surface area contributed by atoms with E-state index in [-0.39, 0.29) is 6.16 Å². The van der Waals surface area contributed by atoms with Gasteiger partial charge in [0.15, 0.2) is 0 Å². The fraction of sp³-hybridized carbons (Fsp3) is 0.333. The molecule has 1 rings (SSSR count). The number of hydrogen-bond donors (Lipinski definition) is 2. The summed E-state index contributed by atoms with van der Waals surface area (Å²) in [6, 6.07) is 9.69. The highest BCUT2D eigenvalue weighted by Gasteiger charge is 2.11. The molecule has 0 unspecified atom stereocenters. The Bertz CT molecular complexity index is 291. The van der Waals surface area contributed by atoms with Gasteiger partial charge in [0.25, 0.3) is 0 Å². The highest BCUT2D eigenvalue weighted by atomic mass is 31.2. The van der Waals surface area contributed by atoms with Gasteiger partial charge in [0.1, 0.15) is 0 Å². The van der Waals surface area contributed by atoms with Gasteiger partial charge >= 0.3 is 7.60 Å². The highest BCUT2D eigenvalue weighted by molar-refractivity contribution is 7.51. The third-order valence-electron chi connectivity index (χ3n) is 1.76. The van der Waals surface area contributed by atoms with E-state index in [0.717, 1.165) is 12.0 Å². The molecule has 0 aliphatic heterocycles. The Hall–Kier alpha value is -0.630. The van der Waals surface area contributed by atoms with Gasteiger partial charge in [-0.3, -0.25) is 4.57 Å². The summed E-state index contributed by atoms with van der Waals surface area (Å²) in [6.07, 6.45) is 1.24. The topological polar surface area (TPSA) is 57.5 Å². The van der Waals surface area contributed by atoms with E-state index < -0.39 is 7.60 Å². The molecule has 0 aliphatic carbocycles. The van der Waals surface area contributed by atoms with E-state index in [2.05, 4.69) is 0 Å². The lowest BCUT2D eigenvalue weighted by atomic mass is 10.1. The Kier molecular flexibility index (Phi) is 3.67. The number of benzene rings is 1. The van der Waals surface area contributed by atoms with Gasteiger partial charge in [-0.05, 0) is 18.4 Å². The molecule has 0 radical (unpaired) electrons. The zero-order valence-corrected chi connectivity index (χ0v) is 8.15. The third kappa shape index (κ3) is 4.83. The van der Waals surface area contributed by atoms with E-state index in [0.29, 0.717) is 6.42 Å². The fourth-order valence-electron chi connectivity index (χ4n) is 1.13. The number of hydrogen-bond acceptors (Lipinski definition) is 1. The van der Waals surface area contributed by atoms with Crippen LogP contribution < -0.4 is 0 Å². The standard InChI is InChI=1S/C9H13O3P/c10-13(11,12)8-4-7-9-5-2-1-3-6-9/h1-3,5-6H,4,7-8H2,(H2,10,11,12). The van der Waals surface area contributed by atoms with Crippen molar-refractivity contribution >= 4 is 7.60 Å². The molecular formula is C9H13O3P. The Balaban J connectivity index is 2.33. The van der Waals surface area contributed by atoms with Gasteiger partial charge in [0, 0.05) is 0 Å². The van der Waals surface area contributed by atoms with Crippen LogP contribution in [-0.2, 0) is 11.0 Å². The van der Waals surface area contributed by atoms with Crippen LogP contribution in [0.4, 0.5) is 0 Å². The van der Waals surface area contributed by atoms with Crippen molar-refractivity contribution in [3.05, 3.63) is 35.9 Å². The molecule has 0 spiro atoms. The monoisotopic (exact) mass is 200 g/mol. The van der Waals surface area contributed by atoms with E-state index in [9.17, 15) is 4.57 Å². The molecule has 2 N–H and O–H groups in total. The molecule has 0 amide bonds. The van der Waals surface area contributed by atoms with Crippen molar-refractivity contribution in [1.82, 2.24) is 0 Å². The van der Waals surface area contributed by atoms with E-state index in [1.165, 1.54) is 0 Å². The van der Waals surface area contributed by atoms with Crippen LogP contribution in [0.25, 0.3) is 0 Å². The largest absolute Gasteiger partial charge is 0.325 e. The first-order chi connectivity index (χ1) is 6.08. The summed E-state index contributed by atoms with van der Waals surface area (Å²) < 4.78 is 10.5. The molecule has 0 heterocycles. The highest BCUT2D eigenvalue weighted by Crippen LogP contribution is 2.35. The van der Waals surface area contributed by atoms with Crippen LogP contribution in [0.2, 0.25) is 0 Å². The van der Waals surface area contributed by atoms with Gasteiger partial charge < -0.3 is 9.79 Å². The molecule has 4 heteroatoms. The zero-order valence-electron chi connectivity index (χ0n) is 7.26. The van der Waals surface area contributed by atoms with Crippen LogP contribution in [0.5, 0.6) is 0 Å². The average molecular weight is 200 g/mol. The van der Waals surface area contributed by atoms with Crippen molar-refractivity contribution in [1.29, 1.82) is 0 Å². The quantitative estimate of drug-likeness (QED) is 0.728. The Morgan fingerprint density at radius 1 is 1.15 bits per heavy atom. The molecule has 0 saturated carbocycles. The van der Waals surface area contributed by atoms with Crippen LogP contribution in [-0.4, -0.2) is 15.9 Å². The summed E-state index contributed by atoms with van der Waals surface area (Å²) in [6.45, 7) is 0. The third-order valence-corrected chi connectivity index (χ3v) is 2.66. The molecule has 13 heavy (non-hydrogen) atoms. The minimum Gasteiger partial charge on any atom is -0.324 e. The Morgan fingerprint density at radius 2 is 1.77 bits per heavy atom. The van der Waals surface area contributed by atoms with Crippen molar-refractivity contribution in [2.75, 3.05) is 6.16 Å². The summed E-state index contributed by atoms with van der Waals surface area (Å²) in [4.78, 5) is 17.2. The summed E-state index contributed by atoms with van der Waals surface area (Å²) >= 11 is 0. The van der Waals surface area contributed by atoms with E-state index in [1.807, 2.05) is 30.3 Å². The molecule has 0 saturated heterocycles. The molecule has 3 nitrogen and oxygen atoms in total. The van der Waals surface area contributed by atoms with E-state index >= 15 is 0 Å². The normalized spacial score (nSPS) is 11.5. The average Bonchev–Trinajstić information content (AvgIpc) is 2.04. The minimum atomic E-state index is -3.80. The van der Waals surface area contributed by atoms with Crippen molar-refractivity contribution in [2.24, 2.45) is 0 Å². The maximum absolute atomic E-state index is 10.5. The molecule has 0 aromatic heterocycles. The predicted octanol–water partition coefficient (Wildman–Crippen LogP) is 1.80. The smallest absolute Gasteiger partial charge is 0.324 e. The Morgan fingerprint density at radius 3 is 2.31 bits per heavy atom. The van der Waals surface area contributed by atoms with Crippen molar-refractivity contribution in [2.45, 2.75) is 12.8 Å². The molecular weight excluding hydrogens is 187 g/mol. The van der Waals surface area contributed by atoms with Gasteiger partial charge in [-0.25, -0.2) is 0 Å². The van der Waals surface area contributed by atoms with Crippen LogP contribution in [0.1, 0.15) is 12.0 Å². The van der Waals surface area contributed by atoms with Gasteiger partial charge in [0.05, 0.1) is 6.16 Å². The molecule has 1 aromatic rings. The second kappa shape index (κ2) is 4.56. The van der Waals surface area contributed by atoms with Gasteiger partial charge in [-0.15, -0.1) is 0 Å². The minimum absolute atomic E-state index is 0.0259. The van der Waals surface area contributed by atoms with Gasteiger partial charge in [-0.2, -0.15) is 0 Å². The molecule has 72 valence electrons. The maximum atomic E-state index is 10.5. The second-order valence-electron chi connectivity index (χ2n) is 2.98. The van der Waals surface area contributed by atoms with Crippen molar-refractivity contribution < 1.29 is 14.4 Å². The lowest BCUT2D eigenvalue weighted by Gasteiger charge is -2.03. The van der Waals surface area contributed by atoms with Crippen LogP contribution in [0, 0.1) is 0 Å². The molecule has 0 fully saturated rings. The molecule has 1 aromatic carbocycles. The van der Waals surface area contributed by atoms with E-state index in [4.69, 9.17) is 9.79 Å². The van der Waals surface area contributed by atoms with Gasteiger partial charge in [-0.1, -0.05) is 30.3 Å². The second-order valence-corrected chi connectivity index (χ2v) is 4.75. The van der Waals surface area contributed by atoms with Crippen molar-refractivity contribution in [3.8, 4) is 0 Å². The lowest BCUT2D eigenvalue weighted by molar-refractivity contribution is 0.371. The molecule has 0 bridgehead atoms. The predicted molar refractivity (Wildman–Crippen MR) is 51.7 cm³/mol. The molecule has 0 atom stereocenters. The Labute approximate surface area is 77.6 Å². The zero-order chi connectivity index (χ0) is 9.73. The van der Waals surface area contributed by atoms with Crippen molar-refractivity contribution in [3.63, 3.8) is 0 Å².